The normalized spacial score (nSPS) is 13.4. The number of hydrogen-bond donors (Lipinski definition) is 2. The van der Waals surface area contributed by atoms with Gasteiger partial charge in [0.05, 0.1) is 5.69 Å². The van der Waals surface area contributed by atoms with E-state index in [1.54, 1.807) is 6.07 Å². The summed E-state index contributed by atoms with van der Waals surface area (Å²) < 4.78 is 5.26. The fraction of sp³-hybridized carbons (Fsp3) is 0.273. The topological polar surface area (TPSA) is 67.4 Å². The molecule has 0 saturated heterocycles. The molecule has 2 rings (SSSR count). The van der Waals surface area contributed by atoms with Gasteiger partial charge in [-0.1, -0.05) is 6.07 Å². The van der Waals surface area contributed by atoms with Crippen LogP contribution in [0.4, 0.5) is 5.69 Å². The summed E-state index contributed by atoms with van der Waals surface area (Å²) in [4.78, 5) is 21.8. The lowest BCUT2D eigenvalue weighted by Gasteiger charge is -2.18. The molecule has 0 atom stereocenters. The van der Waals surface area contributed by atoms with Crippen LogP contribution in [0.25, 0.3) is 0 Å². The molecule has 1 aliphatic rings. The number of amides is 2. The van der Waals surface area contributed by atoms with Gasteiger partial charge < -0.3 is 15.4 Å². The van der Waals surface area contributed by atoms with Crippen molar-refractivity contribution in [3.05, 3.63) is 23.8 Å². The van der Waals surface area contributed by atoms with Crippen molar-refractivity contribution in [3.8, 4) is 5.75 Å². The molecule has 1 heterocycles. The largest absolute Gasteiger partial charge is 0.482 e. The maximum absolute atomic E-state index is 11.0. The number of nitrogens with one attached hydrogen (secondary N) is 2. The Morgan fingerprint density at radius 2 is 2.38 bits per heavy atom. The van der Waals surface area contributed by atoms with Crippen molar-refractivity contribution in [1.82, 2.24) is 5.32 Å². The molecule has 2 N–H and O–H groups in total. The van der Waals surface area contributed by atoms with E-state index >= 15 is 0 Å². The second kappa shape index (κ2) is 4.22. The predicted molar refractivity (Wildman–Crippen MR) is 58.1 cm³/mol. The van der Waals surface area contributed by atoms with Crippen molar-refractivity contribution >= 4 is 17.5 Å². The quantitative estimate of drug-likeness (QED) is 0.769. The van der Waals surface area contributed by atoms with Crippen molar-refractivity contribution in [2.75, 3.05) is 11.9 Å². The number of fused-ring (bicyclic) bond motifs is 1. The first-order chi connectivity index (χ1) is 7.65. The Morgan fingerprint density at radius 1 is 1.56 bits per heavy atom. The van der Waals surface area contributed by atoms with Crippen LogP contribution in [-0.4, -0.2) is 18.4 Å². The lowest BCUT2D eigenvalue weighted by Crippen LogP contribution is -2.25. The first-order valence-corrected chi connectivity index (χ1v) is 4.95. The summed E-state index contributed by atoms with van der Waals surface area (Å²) in [6, 6.07) is 5.41. The monoisotopic (exact) mass is 220 g/mol. The molecule has 1 aromatic carbocycles. The highest BCUT2D eigenvalue weighted by Gasteiger charge is 2.15. The van der Waals surface area contributed by atoms with Crippen LogP contribution in [0.5, 0.6) is 5.75 Å². The second-order valence-electron chi connectivity index (χ2n) is 3.58. The summed E-state index contributed by atoms with van der Waals surface area (Å²) in [7, 11) is 0. The zero-order valence-corrected chi connectivity index (χ0v) is 8.87. The molecule has 5 nitrogen and oxygen atoms in total. The first kappa shape index (κ1) is 10.5. The Balaban J connectivity index is 2.13. The summed E-state index contributed by atoms with van der Waals surface area (Å²) in [5.74, 6) is 0.413. The van der Waals surface area contributed by atoms with Crippen LogP contribution in [0.1, 0.15) is 12.5 Å². The van der Waals surface area contributed by atoms with Gasteiger partial charge in [-0.2, -0.15) is 0 Å². The summed E-state index contributed by atoms with van der Waals surface area (Å²) >= 11 is 0. The summed E-state index contributed by atoms with van der Waals surface area (Å²) in [6.45, 7) is 1.96. The molecule has 2 amide bonds. The number of rotatable bonds is 2. The zero-order chi connectivity index (χ0) is 11.5. The van der Waals surface area contributed by atoms with E-state index < -0.39 is 0 Å². The third-order valence-corrected chi connectivity index (χ3v) is 2.22. The van der Waals surface area contributed by atoms with Gasteiger partial charge in [-0.3, -0.25) is 9.59 Å². The van der Waals surface area contributed by atoms with E-state index in [0.29, 0.717) is 18.0 Å². The Kier molecular flexibility index (Phi) is 2.76. The van der Waals surface area contributed by atoms with Crippen molar-refractivity contribution in [1.29, 1.82) is 0 Å². The number of hydrogen-bond acceptors (Lipinski definition) is 3. The van der Waals surface area contributed by atoms with E-state index in [1.807, 2.05) is 12.1 Å². The molecule has 84 valence electrons. The average molecular weight is 220 g/mol. The highest BCUT2D eigenvalue weighted by molar-refractivity contribution is 5.95. The fourth-order valence-corrected chi connectivity index (χ4v) is 1.46. The van der Waals surface area contributed by atoms with Crippen molar-refractivity contribution < 1.29 is 14.3 Å². The molecule has 0 fully saturated rings. The number of anilines is 1. The maximum Gasteiger partial charge on any atom is 0.262 e. The molecule has 0 unspecified atom stereocenters. The third kappa shape index (κ3) is 2.31. The Labute approximate surface area is 92.8 Å². The van der Waals surface area contributed by atoms with Gasteiger partial charge in [-0.05, 0) is 17.7 Å². The number of benzene rings is 1. The average Bonchev–Trinajstić information content (AvgIpc) is 2.26. The predicted octanol–water partition coefficient (Wildman–Crippen LogP) is 0.654. The van der Waals surface area contributed by atoms with Crippen LogP contribution in [0.3, 0.4) is 0 Å². The van der Waals surface area contributed by atoms with Gasteiger partial charge in [0.1, 0.15) is 5.75 Å². The van der Waals surface area contributed by atoms with Crippen molar-refractivity contribution in [2.45, 2.75) is 13.5 Å². The van der Waals surface area contributed by atoms with E-state index in [1.165, 1.54) is 6.92 Å². The molecule has 5 heteroatoms. The minimum absolute atomic E-state index is 0.0383. The smallest absolute Gasteiger partial charge is 0.262 e. The van der Waals surface area contributed by atoms with Gasteiger partial charge >= 0.3 is 0 Å². The summed E-state index contributed by atoms with van der Waals surface area (Å²) in [5.41, 5.74) is 1.60. The lowest BCUT2D eigenvalue weighted by atomic mass is 10.1. The van der Waals surface area contributed by atoms with Crippen LogP contribution < -0.4 is 15.4 Å². The van der Waals surface area contributed by atoms with Gasteiger partial charge in [0.15, 0.2) is 6.61 Å². The zero-order valence-electron chi connectivity index (χ0n) is 8.87. The van der Waals surface area contributed by atoms with E-state index in [9.17, 15) is 9.59 Å². The number of carbonyl (C=O) groups is 2. The molecule has 0 radical (unpaired) electrons. The fourth-order valence-electron chi connectivity index (χ4n) is 1.46. The molecule has 0 aliphatic carbocycles. The standard InChI is InChI=1S/C11H12N2O3/c1-7(14)12-5-8-2-3-9-10(4-8)16-6-11(15)13-9/h2-4H,5-6H2,1H3,(H,12,14)(H,13,15). The highest BCUT2D eigenvalue weighted by atomic mass is 16.5. The summed E-state index contributed by atoms with van der Waals surface area (Å²) in [5, 5.41) is 5.40. The molecule has 16 heavy (non-hydrogen) atoms. The van der Waals surface area contributed by atoms with Crippen LogP contribution in [0.2, 0.25) is 0 Å². The van der Waals surface area contributed by atoms with Crippen molar-refractivity contribution in [3.63, 3.8) is 0 Å². The second-order valence-corrected chi connectivity index (χ2v) is 3.58. The first-order valence-electron chi connectivity index (χ1n) is 4.95. The van der Waals surface area contributed by atoms with Gasteiger partial charge in [-0.25, -0.2) is 0 Å². The Bertz CT molecular complexity index is 443. The number of ether oxygens (including phenoxy) is 1. The van der Waals surface area contributed by atoms with Gasteiger partial charge in [-0.15, -0.1) is 0 Å². The molecule has 1 aromatic rings. The third-order valence-electron chi connectivity index (χ3n) is 2.22. The lowest BCUT2D eigenvalue weighted by molar-refractivity contribution is -0.119. The van der Waals surface area contributed by atoms with Crippen LogP contribution in [0.15, 0.2) is 18.2 Å². The van der Waals surface area contributed by atoms with E-state index in [-0.39, 0.29) is 18.4 Å². The van der Waals surface area contributed by atoms with Crippen LogP contribution >= 0.6 is 0 Å². The van der Waals surface area contributed by atoms with Gasteiger partial charge in [0.25, 0.3) is 5.91 Å². The molecule has 0 saturated carbocycles. The maximum atomic E-state index is 11.0. The molecule has 0 aromatic heterocycles. The number of carbonyl (C=O) groups excluding carboxylic acids is 2. The molecular formula is C11H12N2O3. The Hall–Kier alpha value is -2.04. The molecule has 0 spiro atoms. The van der Waals surface area contributed by atoms with Crippen LogP contribution in [0, 0.1) is 0 Å². The Morgan fingerprint density at radius 3 is 3.12 bits per heavy atom. The minimum Gasteiger partial charge on any atom is -0.482 e. The van der Waals surface area contributed by atoms with Crippen LogP contribution in [-0.2, 0) is 16.1 Å². The summed E-state index contributed by atoms with van der Waals surface area (Å²) in [6.07, 6.45) is 0. The minimum atomic E-state index is -0.151. The molecular weight excluding hydrogens is 208 g/mol. The highest BCUT2D eigenvalue weighted by Crippen LogP contribution is 2.28. The van der Waals surface area contributed by atoms with Crippen molar-refractivity contribution in [2.24, 2.45) is 0 Å². The van der Waals surface area contributed by atoms with Gasteiger partial charge in [0.2, 0.25) is 5.91 Å². The van der Waals surface area contributed by atoms with E-state index in [2.05, 4.69) is 10.6 Å². The molecule has 0 bridgehead atoms. The molecule has 1 aliphatic heterocycles. The van der Waals surface area contributed by atoms with E-state index in [0.717, 1.165) is 5.56 Å². The van der Waals surface area contributed by atoms with Gasteiger partial charge in [0, 0.05) is 13.5 Å². The SMILES string of the molecule is CC(=O)NCc1ccc2c(c1)OCC(=O)N2. The van der Waals surface area contributed by atoms with E-state index in [4.69, 9.17) is 4.74 Å².